The van der Waals surface area contributed by atoms with Crippen LogP contribution in [0.25, 0.3) is 0 Å². The van der Waals surface area contributed by atoms with E-state index in [1.807, 2.05) is 0 Å². The Morgan fingerprint density at radius 2 is 2.10 bits per heavy atom. The summed E-state index contributed by atoms with van der Waals surface area (Å²) < 4.78 is 13.0. The second-order valence-corrected chi connectivity index (χ2v) is 4.72. The number of hydrogen-bond donors (Lipinski definition) is 2. The molecule has 0 bridgehead atoms. The molecule has 1 aliphatic rings. The SMILES string of the molecule is O=C1CCc2cc(C(=O)Nc3cccc(F)n3)ccc2N1. The molecule has 2 aromatic rings. The third kappa shape index (κ3) is 2.89. The van der Waals surface area contributed by atoms with Crippen LogP contribution in [0.15, 0.2) is 36.4 Å². The van der Waals surface area contributed by atoms with Crippen molar-refractivity contribution in [1.82, 2.24) is 4.98 Å². The molecule has 0 fully saturated rings. The third-order valence-corrected chi connectivity index (χ3v) is 3.22. The number of hydrogen-bond acceptors (Lipinski definition) is 3. The number of aryl methyl sites for hydroxylation is 1. The van der Waals surface area contributed by atoms with Gasteiger partial charge in [0.15, 0.2) is 0 Å². The van der Waals surface area contributed by atoms with Crippen LogP contribution in [0.2, 0.25) is 0 Å². The van der Waals surface area contributed by atoms with Gasteiger partial charge in [-0.2, -0.15) is 4.39 Å². The Morgan fingerprint density at radius 1 is 1.24 bits per heavy atom. The van der Waals surface area contributed by atoms with E-state index in [0.717, 1.165) is 11.3 Å². The zero-order chi connectivity index (χ0) is 14.8. The van der Waals surface area contributed by atoms with Gasteiger partial charge in [-0.05, 0) is 42.3 Å². The Hall–Kier alpha value is -2.76. The standard InChI is InChI=1S/C15H12FN3O2/c16-12-2-1-3-13(18-12)19-15(21)10-4-6-11-9(8-10)5-7-14(20)17-11/h1-4,6,8H,5,7H2,(H,17,20)(H,18,19,21). The van der Waals surface area contributed by atoms with Gasteiger partial charge in [0.2, 0.25) is 11.9 Å². The smallest absolute Gasteiger partial charge is 0.256 e. The van der Waals surface area contributed by atoms with Crippen LogP contribution in [-0.2, 0) is 11.2 Å². The molecule has 0 radical (unpaired) electrons. The van der Waals surface area contributed by atoms with Gasteiger partial charge in [0, 0.05) is 17.7 Å². The topological polar surface area (TPSA) is 71.1 Å². The molecule has 2 heterocycles. The molecule has 0 saturated heterocycles. The minimum Gasteiger partial charge on any atom is -0.326 e. The number of amides is 2. The molecule has 21 heavy (non-hydrogen) atoms. The highest BCUT2D eigenvalue weighted by Crippen LogP contribution is 2.23. The average molecular weight is 285 g/mol. The quantitative estimate of drug-likeness (QED) is 0.832. The van der Waals surface area contributed by atoms with Crippen LogP contribution in [-0.4, -0.2) is 16.8 Å². The summed E-state index contributed by atoms with van der Waals surface area (Å²) in [5.74, 6) is -0.886. The Morgan fingerprint density at radius 3 is 2.90 bits per heavy atom. The third-order valence-electron chi connectivity index (χ3n) is 3.22. The zero-order valence-corrected chi connectivity index (χ0v) is 11.0. The average Bonchev–Trinajstić information content (AvgIpc) is 2.46. The van der Waals surface area contributed by atoms with Gasteiger partial charge in [0.05, 0.1) is 0 Å². The van der Waals surface area contributed by atoms with Crippen molar-refractivity contribution in [2.45, 2.75) is 12.8 Å². The lowest BCUT2D eigenvalue weighted by atomic mass is 10.00. The van der Waals surface area contributed by atoms with Crippen LogP contribution in [0.4, 0.5) is 15.9 Å². The number of pyridine rings is 1. The Balaban J connectivity index is 1.81. The number of carbonyl (C=O) groups is 2. The first-order valence-corrected chi connectivity index (χ1v) is 6.48. The van der Waals surface area contributed by atoms with Gasteiger partial charge in [-0.15, -0.1) is 0 Å². The second-order valence-electron chi connectivity index (χ2n) is 4.72. The van der Waals surface area contributed by atoms with Gasteiger partial charge in [-0.1, -0.05) is 6.07 Å². The van der Waals surface area contributed by atoms with Crippen molar-refractivity contribution in [3.05, 3.63) is 53.5 Å². The first kappa shape index (κ1) is 13.2. The van der Waals surface area contributed by atoms with Crippen molar-refractivity contribution < 1.29 is 14.0 Å². The number of aromatic nitrogens is 1. The number of carbonyl (C=O) groups excluding carboxylic acids is 2. The van der Waals surface area contributed by atoms with E-state index in [1.54, 1.807) is 18.2 Å². The molecule has 1 aliphatic heterocycles. The fourth-order valence-electron chi connectivity index (χ4n) is 2.19. The predicted molar refractivity (Wildman–Crippen MR) is 75.5 cm³/mol. The Bertz CT molecular complexity index is 731. The summed E-state index contributed by atoms with van der Waals surface area (Å²) in [6, 6.07) is 9.22. The summed E-state index contributed by atoms with van der Waals surface area (Å²) >= 11 is 0. The maximum absolute atomic E-state index is 13.0. The maximum Gasteiger partial charge on any atom is 0.256 e. The monoisotopic (exact) mass is 285 g/mol. The summed E-state index contributed by atoms with van der Waals surface area (Å²) in [6.07, 6.45) is 1.00. The molecule has 6 heteroatoms. The zero-order valence-electron chi connectivity index (χ0n) is 11.0. The number of nitrogens with zero attached hydrogens (tertiary/aromatic N) is 1. The largest absolute Gasteiger partial charge is 0.326 e. The molecular weight excluding hydrogens is 273 g/mol. The van der Waals surface area contributed by atoms with Crippen LogP contribution >= 0.6 is 0 Å². The van der Waals surface area contributed by atoms with E-state index in [4.69, 9.17) is 0 Å². The van der Waals surface area contributed by atoms with Crippen LogP contribution in [0, 0.1) is 5.95 Å². The van der Waals surface area contributed by atoms with Crippen molar-refractivity contribution in [2.24, 2.45) is 0 Å². The van der Waals surface area contributed by atoms with Crippen molar-refractivity contribution in [1.29, 1.82) is 0 Å². The Kier molecular flexibility index (Phi) is 3.35. The molecule has 1 aromatic carbocycles. The number of anilines is 2. The van der Waals surface area contributed by atoms with Gasteiger partial charge < -0.3 is 10.6 Å². The summed E-state index contributed by atoms with van der Waals surface area (Å²) in [7, 11) is 0. The minimum atomic E-state index is -0.652. The van der Waals surface area contributed by atoms with E-state index in [-0.39, 0.29) is 17.6 Å². The number of nitrogens with one attached hydrogen (secondary N) is 2. The first-order valence-electron chi connectivity index (χ1n) is 6.48. The number of rotatable bonds is 2. The van der Waals surface area contributed by atoms with E-state index in [9.17, 15) is 14.0 Å². The molecule has 0 saturated carbocycles. The highest BCUT2D eigenvalue weighted by molar-refractivity contribution is 6.04. The first-order chi connectivity index (χ1) is 10.1. The predicted octanol–water partition coefficient (Wildman–Crippen LogP) is 2.36. The van der Waals surface area contributed by atoms with E-state index in [1.165, 1.54) is 18.2 Å². The molecular formula is C15H12FN3O2. The molecule has 2 N–H and O–H groups in total. The molecule has 3 rings (SSSR count). The fraction of sp³-hybridized carbons (Fsp3) is 0.133. The molecule has 5 nitrogen and oxygen atoms in total. The van der Waals surface area contributed by atoms with Crippen molar-refractivity contribution in [2.75, 3.05) is 10.6 Å². The van der Waals surface area contributed by atoms with Crippen LogP contribution in [0.3, 0.4) is 0 Å². The number of halogens is 1. The summed E-state index contributed by atoms with van der Waals surface area (Å²) in [4.78, 5) is 27.0. The second kappa shape index (κ2) is 5.32. The van der Waals surface area contributed by atoms with Crippen LogP contribution in [0.5, 0.6) is 0 Å². The molecule has 0 spiro atoms. The van der Waals surface area contributed by atoms with Gasteiger partial charge in [-0.25, -0.2) is 4.98 Å². The summed E-state index contributed by atoms with van der Waals surface area (Å²) in [6.45, 7) is 0. The molecule has 0 aliphatic carbocycles. The van der Waals surface area contributed by atoms with Crippen molar-refractivity contribution in [3.63, 3.8) is 0 Å². The fourth-order valence-corrected chi connectivity index (χ4v) is 2.19. The van der Waals surface area contributed by atoms with Gasteiger partial charge in [-0.3, -0.25) is 9.59 Å². The lowest BCUT2D eigenvalue weighted by Gasteiger charge is -2.17. The van der Waals surface area contributed by atoms with Crippen molar-refractivity contribution >= 4 is 23.3 Å². The van der Waals surface area contributed by atoms with E-state index in [0.29, 0.717) is 18.4 Å². The van der Waals surface area contributed by atoms with Crippen LogP contribution < -0.4 is 10.6 Å². The van der Waals surface area contributed by atoms with Gasteiger partial charge in [0.1, 0.15) is 5.82 Å². The van der Waals surface area contributed by atoms with Crippen LogP contribution in [0.1, 0.15) is 22.3 Å². The molecule has 106 valence electrons. The molecule has 0 unspecified atom stereocenters. The summed E-state index contributed by atoms with van der Waals surface area (Å²) in [5, 5.41) is 5.29. The molecule has 1 aromatic heterocycles. The summed E-state index contributed by atoms with van der Waals surface area (Å²) in [5.41, 5.74) is 2.08. The Labute approximate surface area is 120 Å². The number of fused-ring (bicyclic) bond motifs is 1. The van der Waals surface area contributed by atoms with Gasteiger partial charge >= 0.3 is 0 Å². The normalized spacial score (nSPS) is 13.3. The highest BCUT2D eigenvalue weighted by Gasteiger charge is 2.16. The molecule has 0 atom stereocenters. The lowest BCUT2D eigenvalue weighted by Crippen LogP contribution is -2.20. The van der Waals surface area contributed by atoms with E-state index >= 15 is 0 Å². The van der Waals surface area contributed by atoms with E-state index in [2.05, 4.69) is 15.6 Å². The van der Waals surface area contributed by atoms with Gasteiger partial charge in [0.25, 0.3) is 5.91 Å². The molecule has 2 amide bonds. The van der Waals surface area contributed by atoms with E-state index < -0.39 is 5.95 Å². The highest BCUT2D eigenvalue weighted by atomic mass is 19.1. The number of benzene rings is 1. The van der Waals surface area contributed by atoms with Crippen molar-refractivity contribution in [3.8, 4) is 0 Å². The lowest BCUT2D eigenvalue weighted by molar-refractivity contribution is -0.116. The maximum atomic E-state index is 13.0. The minimum absolute atomic E-state index is 0.0244.